The number of anilines is 1. The van der Waals surface area contributed by atoms with E-state index in [1.165, 1.54) is 23.1 Å². The van der Waals surface area contributed by atoms with Crippen LogP contribution in [0.15, 0.2) is 54.6 Å². The van der Waals surface area contributed by atoms with Gasteiger partial charge in [0.25, 0.3) is 5.91 Å². The number of benzene rings is 3. The van der Waals surface area contributed by atoms with Gasteiger partial charge in [0, 0.05) is 61.5 Å². The van der Waals surface area contributed by atoms with Crippen LogP contribution in [-0.2, 0) is 29.3 Å². The lowest BCUT2D eigenvalue weighted by Gasteiger charge is -2.36. The van der Waals surface area contributed by atoms with Crippen LogP contribution in [0.25, 0.3) is 4.85 Å². The number of carbonyl (C=O) groups excluding carboxylic acids is 3. The molecule has 11 heteroatoms. The molecule has 3 heterocycles. The summed E-state index contributed by atoms with van der Waals surface area (Å²) in [5, 5.41) is 2.29. The minimum Gasteiger partial charge on any atom is -0.488 e. The van der Waals surface area contributed by atoms with Crippen molar-refractivity contribution in [2.45, 2.75) is 38.6 Å². The Morgan fingerprint density at radius 3 is 2.51 bits per heavy atom. The van der Waals surface area contributed by atoms with E-state index in [0.29, 0.717) is 42.1 Å². The molecular weight excluding hydrogens is 556 g/mol. The first-order valence-electron chi connectivity index (χ1n) is 14.1. The van der Waals surface area contributed by atoms with Crippen LogP contribution in [-0.4, -0.2) is 59.7 Å². The van der Waals surface area contributed by atoms with Gasteiger partial charge in [-0.3, -0.25) is 24.6 Å². The molecule has 6 rings (SSSR count). The fourth-order valence-electron chi connectivity index (χ4n) is 5.86. The summed E-state index contributed by atoms with van der Waals surface area (Å²) in [6.07, 6.45) is 0.442. The van der Waals surface area contributed by atoms with E-state index < -0.39 is 17.8 Å². The molecule has 3 aliphatic heterocycles. The summed E-state index contributed by atoms with van der Waals surface area (Å²) in [5.74, 6) is -1.58. The van der Waals surface area contributed by atoms with Crippen LogP contribution in [0.4, 0.5) is 20.2 Å². The van der Waals surface area contributed by atoms with Crippen LogP contribution in [0.1, 0.15) is 39.9 Å². The number of piperazine rings is 1. The molecule has 220 valence electrons. The fraction of sp³-hybridized carbons (Fsp3) is 0.312. The fourth-order valence-corrected chi connectivity index (χ4v) is 5.86. The highest BCUT2D eigenvalue weighted by molar-refractivity contribution is 6.05. The lowest BCUT2D eigenvalue weighted by molar-refractivity contribution is -0.136. The number of piperidine rings is 1. The molecule has 1 N–H and O–H groups in total. The molecule has 0 unspecified atom stereocenters. The van der Waals surface area contributed by atoms with E-state index in [9.17, 15) is 18.8 Å². The number of nitrogens with one attached hydrogen (secondary N) is 1. The SMILES string of the molecule is [C-]#[N+]c1ccc(N2CCN(Cc3ccc(COc4cccc5c4CN([C@H]4CCC(=O)NC4=O)C5=O)c(F)c3)CC2)cc1F. The van der Waals surface area contributed by atoms with Crippen molar-refractivity contribution in [1.82, 2.24) is 15.1 Å². The number of imide groups is 1. The number of amides is 3. The molecule has 0 aromatic heterocycles. The van der Waals surface area contributed by atoms with Gasteiger partial charge < -0.3 is 14.5 Å². The van der Waals surface area contributed by atoms with Crippen molar-refractivity contribution in [3.05, 3.63) is 99.9 Å². The number of hydrogen-bond donors (Lipinski definition) is 1. The van der Waals surface area contributed by atoms with E-state index in [1.807, 2.05) is 6.07 Å². The molecule has 0 saturated carbocycles. The predicted octanol–water partition coefficient (Wildman–Crippen LogP) is 4.18. The Kier molecular flexibility index (Phi) is 7.78. The third kappa shape index (κ3) is 5.79. The Bertz CT molecular complexity index is 1650. The highest BCUT2D eigenvalue weighted by Crippen LogP contribution is 2.34. The van der Waals surface area contributed by atoms with Gasteiger partial charge in [0.05, 0.1) is 13.1 Å². The minimum atomic E-state index is -0.724. The van der Waals surface area contributed by atoms with E-state index in [-0.39, 0.29) is 49.3 Å². The quantitative estimate of drug-likeness (QED) is 0.331. The van der Waals surface area contributed by atoms with Gasteiger partial charge in [-0.25, -0.2) is 13.6 Å². The molecule has 2 fully saturated rings. The lowest BCUT2D eigenvalue weighted by atomic mass is 10.0. The van der Waals surface area contributed by atoms with Gasteiger partial charge in [0.1, 0.15) is 30.0 Å². The zero-order valence-electron chi connectivity index (χ0n) is 23.3. The number of nitrogens with zero attached hydrogens (tertiary/aromatic N) is 4. The lowest BCUT2D eigenvalue weighted by Crippen LogP contribution is -2.52. The smallest absolute Gasteiger partial charge is 0.255 e. The molecule has 0 radical (unpaired) electrons. The van der Waals surface area contributed by atoms with Crippen molar-refractivity contribution < 1.29 is 27.9 Å². The first kappa shape index (κ1) is 28.3. The average molecular weight is 586 g/mol. The molecule has 3 amide bonds. The number of rotatable bonds is 7. The second kappa shape index (κ2) is 11.8. The molecule has 1 atom stereocenters. The standard InChI is InChI=1S/C32H29F2N5O4/c1-35-27-8-7-22(16-26(27)34)38-13-11-37(12-14-38)17-20-5-6-21(25(33)15-20)19-43-29-4-2-3-23-24(29)18-39(32(23)42)28-9-10-30(40)36-31(28)41/h2-8,15-16,28H,9-14,17-19H2,(H,36,40,41)/t28-/m0/s1. The van der Waals surface area contributed by atoms with Crippen molar-refractivity contribution in [3.8, 4) is 5.75 Å². The maximum absolute atomic E-state index is 15.1. The van der Waals surface area contributed by atoms with Gasteiger partial charge in [-0.2, -0.15) is 0 Å². The zero-order chi connectivity index (χ0) is 30.1. The van der Waals surface area contributed by atoms with E-state index in [0.717, 1.165) is 24.3 Å². The highest BCUT2D eigenvalue weighted by atomic mass is 19.1. The number of fused-ring (bicyclic) bond motifs is 1. The molecule has 0 bridgehead atoms. The molecule has 0 spiro atoms. The Morgan fingerprint density at radius 1 is 0.977 bits per heavy atom. The van der Waals surface area contributed by atoms with E-state index in [2.05, 4.69) is 20.0 Å². The largest absolute Gasteiger partial charge is 0.488 e. The van der Waals surface area contributed by atoms with Crippen molar-refractivity contribution in [1.29, 1.82) is 0 Å². The summed E-state index contributed by atoms with van der Waals surface area (Å²) in [7, 11) is 0. The van der Waals surface area contributed by atoms with E-state index >= 15 is 4.39 Å². The number of halogens is 2. The first-order chi connectivity index (χ1) is 20.8. The Labute approximate surface area is 247 Å². The highest BCUT2D eigenvalue weighted by Gasteiger charge is 2.40. The molecular formula is C32H29F2N5O4. The summed E-state index contributed by atoms with van der Waals surface area (Å²) in [6, 6.07) is 14.1. The Balaban J connectivity index is 1.05. The molecule has 3 aromatic carbocycles. The second-order valence-corrected chi connectivity index (χ2v) is 10.9. The summed E-state index contributed by atoms with van der Waals surface area (Å²) in [5.41, 5.74) is 3.03. The maximum atomic E-state index is 15.1. The van der Waals surface area contributed by atoms with Gasteiger partial charge in [0.2, 0.25) is 17.5 Å². The molecule has 43 heavy (non-hydrogen) atoms. The topological polar surface area (TPSA) is 86.6 Å². The predicted molar refractivity (Wildman–Crippen MR) is 153 cm³/mol. The maximum Gasteiger partial charge on any atom is 0.255 e. The van der Waals surface area contributed by atoms with Gasteiger partial charge >= 0.3 is 0 Å². The molecule has 3 aliphatic rings. The summed E-state index contributed by atoms with van der Waals surface area (Å²) in [6.45, 7) is 10.6. The number of ether oxygens (including phenoxy) is 1. The van der Waals surface area contributed by atoms with Gasteiger partial charge in [-0.05, 0) is 42.3 Å². The van der Waals surface area contributed by atoms with Crippen LogP contribution in [0, 0.1) is 18.2 Å². The van der Waals surface area contributed by atoms with Gasteiger partial charge in [-0.15, -0.1) is 0 Å². The number of carbonyl (C=O) groups is 3. The van der Waals surface area contributed by atoms with E-state index in [1.54, 1.807) is 30.3 Å². The van der Waals surface area contributed by atoms with Crippen molar-refractivity contribution >= 4 is 29.1 Å². The van der Waals surface area contributed by atoms with Crippen LogP contribution >= 0.6 is 0 Å². The molecule has 0 aliphatic carbocycles. The van der Waals surface area contributed by atoms with Crippen molar-refractivity contribution in [3.63, 3.8) is 0 Å². The van der Waals surface area contributed by atoms with Gasteiger partial charge in [0.15, 0.2) is 0 Å². The molecule has 2 saturated heterocycles. The van der Waals surface area contributed by atoms with Gasteiger partial charge in [-0.1, -0.05) is 24.3 Å². The average Bonchev–Trinajstić information content (AvgIpc) is 3.33. The minimum absolute atomic E-state index is 0.0115. The molecule has 3 aromatic rings. The third-order valence-electron chi connectivity index (χ3n) is 8.24. The van der Waals surface area contributed by atoms with Crippen LogP contribution in [0.2, 0.25) is 0 Å². The summed E-state index contributed by atoms with van der Waals surface area (Å²) >= 11 is 0. The van der Waals surface area contributed by atoms with E-state index in [4.69, 9.17) is 11.3 Å². The normalized spacial score (nSPS) is 18.8. The van der Waals surface area contributed by atoms with Crippen molar-refractivity contribution in [2.24, 2.45) is 0 Å². The monoisotopic (exact) mass is 585 g/mol. The van der Waals surface area contributed by atoms with Crippen LogP contribution in [0.3, 0.4) is 0 Å². The summed E-state index contributed by atoms with van der Waals surface area (Å²) in [4.78, 5) is 45.9. The number of hydrogen-bond acceptors (Lipinski definition) is 6. The second-order valence-electron chi connectivity index (χ2n) is 10.9. The van der Waals surface area contributed by atoms with Crippen LogP contribution in [0.5, 0.6) is 5.75 Å². The third-order valence-corrected chi connectivity index (χ3v) is 8.24. The zero-order valence-corrected chi connectivity index (χ0v) is 23.3. The van der Waals surface area contributed by atoms with Crippen LogP contribution < -0.4 is 15.0 Å². The summed E-state index contributed by atoms with van der Waals surface area (Å²) < 4.78 is 35.1. The Morgan fingerprint density at radius 2 is 1.79 bits per heavy atom. The molecule has 9 nitrogen and oxygen atoms in total. The first-order valence-corrected chi connectivity index (χ1v) is 14.1. The van der Waals surface area contributed by atoms with Crippen molar-refractivity contribution in [2.75, 3.05) is 31.1 Å². The Hall–Kier alpha value is -4.82.